The molecule has 0 amide bonds. The minimum atomic E-state index is -0.906. The van der Waals surface area contributed by atoms with Crippen molar-refractivity contribution >= 4 is 5.97 Å². The Bertz CT molecular complexity index is 1090. The van der Waals surface area contributed by atoms with Crippen molar-refractivity contribution in [3.8, 4) is 0 Å². The van der Waals surface area contributed by atoms with Crippen LogP contribution >= 0.6 is 0 Å². The third kappa shape index (κ3) is 5.89. The molecule has 11 heteroatoms. The van der Waals surface area contributed by atoms with Crippen molar-refractivity contribution in [1.29, 1.82) is 0 Å². The van der Waals surface area contributed by atoms with Crippen molar-refractivity contribution in [3.05, 3.63) is 11.6 Å². The Hall–Kier alpha value is -1.15. The number of carbonyl (C=O) groups is 1. The summed E-state index contributed by atoms with van der Waals surface area (Å²) in [7, 11) is 0. The van der Waals surface area contributed by atoms with Gasteiger partial charge in [0.15, 0.2) is 0 Å². The maximum Gasteiger partial charge on any atom is 0.331 e. The number of ether oxygens (including phenoxy) is 3. The van der Waals surface area contributed by atoms with Crippen LogP contribution in [0.25, 0.3) is 0 Å². The molecule has 5 N–H and O–H groups in total. The Kier molecular flexibility index (Phi) is 10.0. The highest BCUT2D eigenvalue weighted by molar-refractivity contribution is 5.85. The van der Waals surface area contributed by atoms with Crippen molar-refractivity contribution in [2.75, 3.05) is 19.8 Å². The Morgan fingerprint density at radius 3 is 2.00 bits per heavy atom. The van der Waals surface area contributed by atoms with Crippen LogP contribution in [0.1, 0.15) is 91.9 Å². The van der Waals surface area contributed by atoms with Crippen molar-refractivity contribution in [2.45, 2.75) is 146 Å². The van der Waals surface area contributed by atoms with Gasteiger partial charge in [0, 0.05) is 24.7 Å². The van der Waals surface area contributed by atoms with E-state index in [1.165, 1.54) is 0 Å². The van der Waals surface area contributed by atoms with E-state index in [0.29, 0.717) is 57.3 Å². The van der Waals surface area contributed by atoms with E-state index in [1.54, 1.807) is 6.08 Å². The molecule has 46 heavy (non-hydrogen) atoms. The summed E-state index contributed by atoms with van der Waals surface area (Å²) in [6, 6.07) is 0. The highest BCUT2D eigenvalue weighted by Crippen LogP contribution is 2.69. The lowest BCUT2D eigenvalue weighted by Gasteiger charge is -2.64. The second kappa shape index (κ2) is 13.3. The summed E-state index contributed by atoms with van der Waals surface area (Å²) in [5.74, 6) is 0.657. The lowest BCUT2D eigenvalue weighted by atomic mass is 9.42. The van der Waals surface area contributed by atoms with Gasteiger partial charge in [0.25, 0.3) is 0 Å². The number of fused-ring (bicyclic) bond motifs is 5. The van der Waals surface area contributed by atoms with Gasteiger partial charge in [-0.25, -0.2) is 14.6 Å². The topological polar surface area (TPSA) is 164 Å². The molecular formula is C35H56O11. The van der Waals surface area contributed by atoms with Crippen LogP contribution in [0.15, 0.2) is 11.6 Å². The third-order valence-corrected chi connectivity index (χ3v) is 13.6. The lowest BCUT2D eigenvalue weighted by molar-refractivity contribution is -0.406. The van der Waals surface area contributed by atoms with Gasteiger partial charge in [0.05, 0.1) is 42.2 Å². The molecule has 2 saturated heterocycles. The van der Waals surface area contributed by atoms with E-state index in [9.17, 15) is 30.3 Å². The quantitative estimate of drug-likeness (QED) is 0.172. The van der Waals surface area contributed by atoms with E-state index in [-0.39, 0.29) is 41.5 Å². The largest absolute Gasteiger partial charge is 0.458 e. The highest BCUT2D eigenvalue weighted by atomic mass is 17.2. The highest BCUT2D eigenvalue weighted by Gasteiger charge is 2.70. The number of hydrogen-bond donors (Lipinski definition) is 5. The summed E-state index contributed by atoms with van der Waals surface area (Å²) in [5.41, 5.74) is -0.507. The zero-order chi connectivity index (χ0) is 33.0. The molecule has 0 radical (unpaired) electrons. The van der Waals surface area contributed by atoms with Crippen LogP contribution in [-0.2, 0) is 28.8 Å². The Morgan fingerprint density at radius 1 is 0.804 bits per heavy atom. The molecule has 7 rings (SSSR count). The van der Waals surface area contributed by atoms with E-state index in [0.717, 1.165) is 44.1 Å². The molecule has 0 aromatic heterocycles. The van der Waals surface area contributed by atoms with Crippen molar-refractivity contribution in [3.63, 3.8) is 0 Å². The fourth-order valence-electron chi connectivity index (χ4n) is 10.7. The molecule has 0 aromatic carbocycles. The SMILES string of the molecule is CC1OCC[C@@H](O)C1OOC1C(C)OCC[C@H]1O.C[C@]12CC[C@H](O)C[C@H]1CC[C@@H]1[C@@H]2C[C@@H](O)[C@]2(C)[C@@H](C3=CC(=O)OC3)CC[C@]12O. The van der Waals surface area contributed by atoms with Gasteiger partial charge < -0.3 is 39.7 Å². The molecule has 3 heterocycles. The van der Waals surface area contributed by atoms with Crippen molar-refractivity contribution in [1.82, 2.24) is 0 Å². The average molecular weight is 653 g/mol. The van der Waals surface area contributed by atoms with Crippen LogP contribution in [-0.4, -0.2) is 106 Å². The van der Waals surface area contributed by atoms with Crippen LogP contribution < -0.4 is 0 Å². The van der Waals surface area contributed by atoms with Crippen LogP contribution in [0.4, 0.5) is 0 Å². The molecule has 4 aliphatic carbocycles. The zero-order valence-electron chi connectivity index (χ0n) is 27.9. The molecule has 4 unspecified atom stereocenters. The smallest absolute Gasteiger partial charge is 0.331 e. The second-order valence-corrected chi connectivity index (χ2v) is 15.8. The predicted molar refractivity (Wildman–Crippen MR) is 165 cm³/mol. The van der Waals surface area contributed by atoms with E-state index in [1.807, 2.05) is 20.8 Å². The van der Waals surface area contributed by atoms with Gasteiger partial charge in [0.2, 0.25) is 0 Å². The maximum absolute atomic E-state index is 12.1. The summed E-state index contributed by atoms with van der Waals surface area (Å²) in [6.07, 6.45) is 6.01. The summed E-state index contributed by atoms with van der Waals surface area (Å²) >= 11 is 0. The molecule has 262 valence electrons. The third-order valence-electron chi connectivity index (χ3n) is 13.6. The number of aliphatic hydroxyl groups excluding tert-OH is 4. The van der Waals surface area contributed by atoms with Gasteiger partial charge in [0.1, 0.15) is 18.8 Å². The first kappa shape index (κ1) is 34.7. The van der Waals surface area contributed by atoms with Gasteiger partial charge in [-0.05, 0) is 113 Å². The molecule has 0 spiro atoms. The standard InChI is InChI=1S/C23H34O5.C12H22O6/c1-21-7-5-15(24)10-14(21)3-4-17-18(21)11-19(25)22(2)16(6-8-23(17,22)27)13-9-20(26)28-12-13;1-7-11(9(13)3-5-15-7)17-18-12-8(2)16-6-4-10(12)14/h9,14-19,24-25,27H,3-8,10-12H2,1-2H3;7-14H,3-6H2,1-2H3/t14-,15+,16-,17-,18+,19-,21+,22+,23+;7?,8?,9-,10-,11?,12?/m11/s1. The minimum Gasteiger partial charge on any atom is -0.458 e. The zero-order valence-corrected chi connectivity index (χ0v) is 27.9. The first-order valence-corrected chi connectivity index (χ1v) is 17.7. The molecule has 3 aliphatic heterocycles. The normalized spacial score (nSPS) is 51.9. The molecule has 0 aromatic rings. The fraction of sp³-hybridized carbons (Fsp3) is 0.914. The number of aliphatic hydroxyl groups is 5. The Labute approximate surface area is 272 Å². The van der Waals surface area contributed by atoms with Gasteiger partial charge in [-0.15, -0.1) is 0 Å². The van der Waals surface area contributed by atoms with E-state index < -0.39 is 41.5 Å². The number of cyclic esters (lactones) is 1. The monoisotopic (exact) mass is 652 g/mol. The first-order chi connectivity index (χ1) is 21.8. The lowest BCUT2D eigenvalue weighted by Crippen LogP contribution is -2.67. The van der Waals surface area contributed by atoms with Gasteiger partial charge >= 0.3 is 5.97 Å². The summed E-state index contributed by atoms with van der Waals surface area (Å²) in [5, 5.41) is 53.4. The van der Waals surface area contributed by atoms with Gasteiger partial charge in [-0.2, -0.15) is 0 Å². The van der Waals surface area contributed by atoms with Crippen LogP contribution in [0.2, 0.25) is 0 Å². The molecule has 7 aliphatic rings. The molecular weight excluding hydrogens is 596 g/mol. The maximum atomic E-state index is 12.1. The summed E-state index contributed by atoms with van der Waals surface area (Å²) in [6.45, 7) is 9.39. The predicted octanol–water partition coefficient (Wildman–Crippen LogP) is 2.59. The van der Waals surface area contributed by atoms with Crippen molar-refractivity contribution in [2.24, 2.45) is 34.5 Å². The summed E-state index contributed by atoms with van der Waals surface area (Å²) in [4.78, 5) is 22.2. The van der Waals surface area contributed by atoms with Crippen molar-refractivity contribution < 1.29 is 54.3 Å². The molecule has 0 bridgehead atoms. The molecule has 6 fully saturated rings. The van der Waals surface area contributed by atoms with E-state index in [4.69, 9.17) is 24.0 Å². The average Bonchev–Trinajstić information content (AvgIpc) is 3.56. The number of carbonyl (C=O) groups excluding carboxylic acids is 1. The number of esters is 1. The molecule has 15 atom stereocenters. The van der Waals surface area contributed by atoms with Crippen LogP contribution in [0.5, 0.6) is 0 Å². The van der Waals surface area contributed by atoms with Gasteiger partial charge in [-0.3, -0.25) is 0 Å². The number of hydrogen-bond acceptors (Lipinski definition) is 11. The van der Waals surface area contributed by atoms with Crippen LogP contribution in [0.3, 0.4) is 0 Å². The second-order valence-electron chi connectivity index (χ2n) is 15.8. The molecule has 4 saturated carbocycles. The Morgan fingerprint density at radius 2 is 1.43 bits per heavy atom. The van der Waals surface area contributed by atoms with Crippen LogP contribution in [0, 0.1) is 34.5 Å². The Balaban J connectivity index is 0.000000179. The first-order valence-electron chi connectivity index (χ1n) is 17.7. The fourth-order valence-corrected chi connectivity index (χ4v) is 10.7. The minimum absolute atomic E-state index is 0.00129. The number of rotatable bonds is 4. The molecule has 11 nitrogen and oxygen atoms in total. The van der Waals surface area contributed by atoms with E-state index in [2.05, 4.69) is 6.92 Å². The van der Waals surface area contributed by atoms with E-state index >= 15 is 0 Å². The summed E-state index contributed by atoms with van der Waals surface area (Å²) < 4.78 is 15.9. The van der Waals surface area contributed by atoms with Gasteiger partial charge in [-0.1, -0.05) is 13.8 Å².